The molecule has 6 heteroatoms. The number of para-hydroxylation sites is 1. The number of nitrogens with one attached hydrogen (secondary N) is 1. The molecule has 1 heterocycles. The van der Waals surface area contributed by atoms with E-state index in [0.717, 1.165) is 18.5 Å². The van der Waals surface area contributed by atoms with E-state index in [0.29, 0.717) is 18.1 Å². The van der Waals surface area contributed by atoms with Gasteiger partial charge in [0.2, 0.25) is 6.43 Å². The van der Waals surface area contributed by atoms with Crippen LogP contribution in [0.4, 0.5) is 14.5 Å². The number of aliphatic hydroxyl groups is 1. The van der Waals surface area contributed by atoms with Crippen LogP contribution in [0.15, 0.2) is 30.3 Å². The Balaban J connectivity index is 2.03. The number of halogens is 2. The average molecular weight is 314 g/mol. The smallest absolute Gasteiger partial charge is 0.245 e. The molecule has 0 spiro atoms. The first-order chi connectivity index (χ1) is 10.1. The van der Waals surface area contributed by atoms with E-state index in [1.54, 1.807) is 4.90 Å². The molecule has 116 valence electrons. The fraction of sp³-hybridized carbons (Fsp3) is 0.533. The number of nitrogens with zero attached hydrogens (tertiary/aromatic N) is 1. The van der Waals surface area contributed by atoms with E-state index < -0.39 is 18.4 Å². The molecule has 1 aromatic carbocycles. The van der Waals surface area contributed by atoms with Crippen molar-refractivity contribution in [3.8, 4) is 0 Å². The highest BCUT2D eigenvalue weighted by Gasteiger charge is 2.32. The minimum absolute atomic E-state index is 0.0809. The predicted molar refractivity (Wildman–Crippen MR) is 83.6 cm³/mol. The molecular weight excluding hydrogens is 294 g/mol. The Hall–Kier alpha value is -1.27. The van der Waals surface area contributed by atoms with Gasteiger partial charge in [-0.15, -0.1) is 0 Å². The van der Waals surface area contributed by atoms with E-state index in [1.807, 2.05) is 30.3 Å². The summed E-state index contributed by atoms with van der Waals surface area (Å²) in [7, 11) is 0. The highest BCUT2D eigenvalue weighted by molar-refractivity contribution is 7.80. The minimum atomic E-state index is -2.54. The van der Waals surface area contributed by atoms with Gasteiger partial charge in [0.15, 0.2) is 5.11 Å². The zero-order chi connectivity index (χ0) is 15.2. The third-order valence-electron chi connectivity index (χ3n) is 3.74. The molecule has 1 aliphatic rings. The fourth-order valence-corrected chi connectivity index (χ4v) is 2.78. The van der Waals surface area contributed by atoms with Crippen LogP contribution in [0, 0.1) is 5.92 Å². The molecule has 1 aromatic rings. The van der Waals surface area contributed by atoms with Crippen molar-refractivity contribution >= 4 is 23.0 Å². The van der Waals surface area contributed by atoms with E-state index in [2.05, 4.69) is 5.32 Å². The molecule has 1 fully saturated rings. The van der Waals surface area contributed by atoms with Crippen LogP contribution in [0.1, 0.15) is 19.3 Å². The lowest BCUT2D eigenvalue weighted by Gasteiger charge is -2.34. The molecule has 0 bridgehead atoms. The Morgan fingerprint density at radius 2 is 2.00 bits per heavy atom. The first-order valence-electron chi connectivity index (χ1n) is 7.15. The second-order valence-electron chi connectivity index (χ2n) is 5.30. The van der Waals surface area contributed by atoms with Crippen molar-refractivity contribution in [3.05, 3.63) is 30.3 Å². The summed E-state index contributed by atoms with van der Waals surface area (Å²) in [6, 6.07) is 9.40. The molecular formula is C15H20F2N2OS. The van der Waals surface area contributed by atoms with Crippen molar-refractivity contribution < 1.29 is 13.9 Å². The number of anilines is 1. The van der Waals surface area contributed by atoms with Crippen LogP contribution in [-0.4, -0.2) is 40.7 Å². The monoisotopic (exact) mass is 314 g/mol. The summed E-state index contributed by atoms with van der Waals surface area (Å²) < 4.78 is 26.2. The first-order valence-corrected chi connectivity index (χ1v) is 7.56. The quantitative estimate of drug-likeness (QED) is 0.822. The molecule has 0 amide bonds. The normalized spacial score (nSPS) is 23.5. The van der Waals surface area contributed by atoms with Gasteiger partial charge in [-0.05, 0) is 43.6 Å². The number of alkyl halides is 2. The number of hydrogen-bond acceptors (Lipinski definition) is 2. The molecule has 0 saturated carbocycles. The Labute approximate surface area is 129 Å². The lowest BCUT2D eigenvalue weighted by Crippen LogP contribution is -2.45. The number of rotatable bonds is 2. The van der Waals surface area contributed by atoms with Crippen LogP contribution in [0.2, 0.25) is 0 Å². The lowest BCUT2D eigenvalue weighted by molar-refractivity contribution is -0.0257. The molecule has 0 unspecified atom stereocenters. The van der Waals surface area contributed by atoms with Gasteiger partial charge in [0.05, 0.1) is 12.0 Å². The summed E-state index contributed by atoms with van der Waals surface area (Å²) in [6.45, 7) is 0.714. The van der Waals surface area contributed by atoms with E-state index in [9.17, 15) is 13.9 Å². The van der Waals surface area contributed by atoms with Crippen molar-refractivity contribution in [1.82, 2.24) is 4.90 Å². The lowest BCUT2D eigenvalue weighted by atomic mass is 9.95. The second-order valence-corrected chi connectivity index (χ2v) is 5.69. The molecule has 3 nitrogen and oxygen atoms in total. The third-order valence-corrected chi connectivity index (χ3v) is 4.10. The summed E-state index contributed by atoms with van der Waals surface area (Å²) in [5, 5.41) is 13.4. The highest BCUT2D eigenvalue weighted by atomic mass is 32.1. The van der Waals surface area contributed by atoms with Gasteiger partial charge in [-0.2, -0.15) is 0 Å². The maximum absolute atomic E-state index is 13.1. The van der Waals surface area contributed by atoms with Crippen molar-refractivity contribution in [2.45, 2.75) is 31.8 Å². The van der Waals surface area contributed by atoms with Crippen LogP contribution in [0.25, 0.3) is 0 Å². The van der Waals surface area contributed by atoms with Gasteiger partial charge < -0.3 is 15.3 Å². The van der Waals surface area contributed by atoms with Gasteiger partial charge in [-0.1, -0.05) is 18.2 Å². The number of thiocarbonyl (C=S) groups is 1. The van der Waals surface area contributed by atoms with E-state index in [1.165, 1.54) is 0 Å². The van der Waals surface area contributed by atoms with Gasteiger partial charge in [0, 0.05) is 18.8 Å². The summed E-state index contributed by atoms with van der Waals surface area (Å²) in [5.74, 6) is -1.05. The maximum atomic E-state index is 13.1. The molecule has 0 radical (unpaired) electrons. The Morgan fingerprint density at radius 3 is 2.67 bits per heavy atom. The van der Waals surface area contributed by atoms with Crippen LogP contribution in [0.5, 0.6) is 0 Å². The number of aliphatic hydroxyl groups excluding tert-OH is 1. The van der Waals surface area contributed by atoms with Gasteiger partial charge >= 0.3 is 0 Å². The van der Waals surface area contributed by atoms with Gasteiger partial charge in [0.25, 0.3) is 0 Å². The maximum Gasteiger partial charge on any atom is 0.245 e. The van der Waals surface area contributed by atoms with Crippen molar-refractivity contribution in [3.63, 3.8) is 0 Å². The molecule has 1 aliphatic heterocycles. The molecule has 2 N–H and O–H groups in total. The largest absolute Gasteiger partial charge is 0.393 e. The first kappa shape index (κ1) is 16.1. The van der Waals surface area contributed by atoms with Gasteiger partial charge in [-0.3, -0.25) is 0 Å². The van der Waals surface area contributed by atoms with Gasteiger partial charge in [0.1, 0.15) is 0 Å². The van der Waals surface area contributed by atoms with Gasteiger partial charge in [-0.25, -0.2) is 8.78 Å². The van der Waals surface area contributed by atoms with E-state index in [4.69, 9.17) is 12.2 Å². The van der Waals surface area contributed by atoms with E-state index in [-0.39, 0.29) is 6.54 Å². The fourth-order valence-electron chi connectivity index (χ4n) is 2.49. The highest BCUT2D eigenvalue weighted by Crippen LogP contribution is 2.23. The SMILES string of the molecule is O[C@H]1CCCCN(C(=S)Nc2ccccc2)C[C@@H]1C(F)F. The van der Waals surface area contributed by atoms with Crippen LogP contribution in [-0.2, 0) is 0 Å². The summed E-state index contributed by atoms with van der Waals surface area (Å²) in [4.78, 5) is 1.74. The van der Waals surface area contributed by atoms with Crippen LogP contribution < -0.4 is 5.32 Å². The zero-order valence-corrected chi connectivity index (χ0v) is 12.5. The molecule has 21 heavy (non-hydrogen) atoms. The third kappa shape index (κ3) is 4.61. The van der Waals surface area contributed by atoms with Crippen molar-refractivity contribution in [1.29, 1.82) is 0 Å². The predicted octanol–water partition coefficient (Wildman–Crippen LogP) is 3.11. The average Bonchev–Trinajstić information content (AvgIpc) is 2.44. The van der Waals surface area contributed by atoms with Crippen LogP contribution in [0.3, 0.4) is 0 Å². The topological polar surface area (TPSA) is 35.5 Å². The Bertz CT molecular complexity index is 458. The zero-order valence-electron chi connectivity index (χ0n) is 11.7. The summed E-state index contributed by atoms with van der Waals surface area (Å²) in [6.07, 6.45) is -1.51. The summed E-state index contributed by atoms with van der Waals surface area (Å²) >= 11 is 5.33. The second kappa shape index (κ2) is 7.66. The number of benzene rings is 1. The molecule has 2 atom stereocenters. The Kier molecular flexibility index (Phi) is 5.87. The number of hydrogen-bond donors (Lipinski definition) is 2. The molecule has 1 saturated heterocycles. The Morgan fingerprint density at radius 1 is 1.29 bits per heavy atom. The molecule has 2 rings (SSSR count). The molecule has 0 aromatic heterocycles. The van der Waals surface area contributed by atoms with Crippen molar-refractivity contribution in [2.24, 2.45) is 5.92 Å². The number of likely N-dealkylation sites (tertiary alicyclic amines) is 1. The van der Waals surface area contributed by atoms with Crippen molar-refractivity contribution in [2.75, 3.05) is 18.4 Å². The minimum Gasteiger partial charge on any atom is -0.393 e. The summed E-state index contributed by atoms with van der Waals surface area (Å²) in [5.41, 5.74) is 0.832. The van der Waals surface area contributed by atoms with E-state index >= 15 is 0 Å². The van der Waals surface area contributed by atoms with Crippen LogP contribution >= 0.6 is 12.2 Å². The standard InChI is InChI=1S/C15H20F2N2OS/c16-14(17)12-10-19(9-5-4-8-13(12)20)15(21)18-11-6-2-1-3-7-11/h1-3,6-7,12-14,20H,4-5,8-10H2,(H,18,21)/t12-,13-/m0/s1. The molecule has 0 aliphatic carbocycles.